The van der Waals surface area contributed by atoms with Crippen molar-refractivity contribution in [1.29, 1.82) is 0 Å². The first-order chi connectivity index (χ1) is 15.7. The van der Waals surface area contributed by atoms with E-state index in [0.717, 1.165) is 6.07 Å². The molecule has 1 unspecified atom stereocenters. The first kappa shape index (κ1) is 23.7. The summed E-state index contributed by atoms with van der Waals surface area (Å²) >= 11 is 11.5. The summed E-state index contributed by atoms with van der Waals surface area (Å²) in [6.07, 6.45) is 2.96. The highest BCUT2D eigenvalue weighted by Gasteiger charge is 2.58. The molecule has 1 aromatic heterocycles. The van der Waals surface area contributed by atoms with Gasteiger partial charge < -0.3 is 20.5 Å². The van der Waals surface area contributed by atoms with E-state index in [0.29, 0.717) is 36.4 Å². The van der Waals surface area contributed by atoms with Gasteiger partial charge >= 0.3 is 0 Å². The number of aliphatic hydroxyl groups excluding tert-OH is 1. The molecule has 3 aliphatic carbocycles. The standard InChI is InChI=1S/C23H24Cl2FN3O4/c24-14-1-2-15(27-11-14)12-28-21(32)23-7-5-22(6-8-23,10-19(23)30)29-20(31)13-33-16-3-4-17(25)18(26)9-16/h1-4,9,11,19,30H,5-8,10,12-13H2,(H,28,32)(H,29,31). The number of hydrogen-bond acceptors (Lipinski definition) is 5. The van der Waals surface area contributed by atoms with Crippen LogP contribution in [0.1, 0.15) is 37.8 Å². The number of carbonyl (C=O) groups excluding carboxylic acids is 2. The van der Waals surface area contributed by atoms with Gasteiger partial charge in [-0.25, -0.2) is 4.39 Å². The van der Waals surface area contributed by atoms with Crippen LogP contribution in [0.25, 0.3) is 0 Å². The van der Waals surface area contributed by atoms with E-state index in [9.17, 15) is 19.1 Å². The Hall–Kier alpha value is -2.42. The maximum atomic E-state index is 13.5. The van der Waals surface area contributed by atoms with Crippen molar-refractivity contribution in [2.24, 2.45) is 5.41 Å². The second kappa shape index (κ2) is 9.44. The number of ether oxygens (including phenoxy) is 1. The van der Waals surface area contributed by atoms with Crippen molar-refractivity contribution in [1.82, 2.24) is 15.6 Å². The molecule has 3 fully saturated rings. The smallest absolute Gasteiger partial charge is 0.258 e. The predicted molar refractivity (Wildman–Crippen MR) is 120 cm³/mol. The molecule has 2 amide bonds. The second-order valence-electron chi connectivity index (χ2n) is 8.72. The van der Waals surface area contributed by atoms with Crippen molar-refractivity contribution in [3.63, 3.8) is 0 Å². The Morgan fingerprint density at radius 2 is 1.94 bits per heavy atom. The highest BCUT2D eigenvalue weighted by atomic mass is 35.5. The lowest BCUT2D eigenvalue weighted by molar-refractivity contribution is -0.156. The molecule has 5 rings (SSSR count). The molecule has 0 spiro atoms. The molecule has 2 bridgehead atoms. The van der Waals surface area contributed by atoms with Crippen LogP contribution in [0.3, 0.4) is 0 Å². The van der Waals surface area contributed by atoms with Crippen LogP contribution in [0, 0.1) is 11.2 Å². The van der Waals surface area contributed by atoms with Gasteiger partial charge in [-0.1, -0.05) is 23.2 Å². The van der Waals surface area contributed by atoms with Crippen molar-refractivity contribution in [3.05, 3.63) is 58.1 Å². The minimum Gasteiger partial charge on any atom is -0.484 e. The fourth-order valence-corrected chi connectivity index (χ4v) is 4.97. The van der Waals surface area contributed by atoms with Crippen LogP contribution >= 0.6 is 23.2 Å². The predicted octanol–water partition coefficient (Wildman–Crippen LogP) is 3.40. The Morgan fingerprint density at radius 3 is 2.58 bits per heavy atom. The summed E-state index contributed by atoms with van der Waals surface area (Å²) in [7, 11) is 0. The number of halogens is 3. The molecule has 1 atom stereocenters. The Labute approximate surface area is 200 Å². The number of nitrogens with one attached hydrogen (secondary N) is 2. The number of rotatable bonds is 7. The number of fused-ring (bicyclic) bond motifs is 3. The molecule has 0 saturated heterocycles. The van der Waals surface area contributed by atoms with Crippen LogP contribution < -0.4 is 15.4 Å². The summed E-state index contributed by atoms with van der Waals surface area (Å²) < 4.78 is 18.9. The minimum atomic E-state index is -0.884. The molecule has 176 valence electrons. The summed E-state index contributed by atoms with van der Waals surface area (Å²) in [4.78, 5) is 29.6. The van der Waals surface area contributed by atoms with E-state index in [4.69, 9.17) is 27.9 Å². The topological polar surface area (TPSA) is 101 Å². The van der Waals surface area contributed by atoms with Gasteiger partial charge in [-0.05, 0) is 56.4 Å². The van der Waals surface area contributed by atoms with E-state index in [-0.39, 0.29) is 42.2 Å². The molecule has 1 aromatic carbocycles. The fourth-order valence-electron chi connectivity index (χ4n) is 4.74. The molecule has 1 heterocycles. The highest BCUT2D eigenvalue weighted by molar-refractivity contribution is 6.30. The van der Waals surface area contributed by atoms with Gasteiger partial charge in [0, 0.05) is 17.8 Å². The van der Waals surface area contributed by atoms with Crippen LogP contribution in [0.4, 0.5) is 4.39 Å². The SMILES string of the molecule is O=C(COc1ccc(Cl)c(F)c1)NC12CCC(C(=O)NCc3ccc(Cl)cn3)(CC1)C(O)C2. The maximum absolute atomic E-state index is 13.5. The molecule has 3 saturated carbocycles. The first-order valence-corrected chi connectivity index (χ1v) is 11.4. The van der Waals surface area contributed by atoms with E-state index in [2.05, 4.69) is 15.6 Å². The van der Waals surface area contributed by atoms with E-state index >= 15 is 0 Å². The van der Waals surface area contributed by atoms with Gasteiger partial charge in [0.15, 0.2) is 6.61 Å². The van der Waals surface area contributed by atoms with Crippen LogP contribution in [0.15, 0.2) is 36.5 Å². The molecular weight excluding hydrogens is 472 g/mol. The lowest BCUT2D eigenvalue weighted by atomic mass is 9.55. The van der Waals surface area contributed by atoms with Crippen molar-refractivity contribution in [2.45, 2.75) is 50.3 Å². The van der Waals surface area contributed by atoms with Crippen molar-refractivity contribution >= 4 is 35.0 Å². The number of nitrogens with zero attached hydrogens (tertiary/aromatic N) is 1. The van der Waals surface area contributed by atoms with Crippen LogP contribution in [0.5, 0.6) is 5.75 Å². The van der Waals surface area contributed by atoms with Crippen molar-refractivity contribution in [3.8, 4) is 5.75 Å². The van der Waals surface area contributed by atoms with Crippen molar-refractivity contribution < 1.29 is 23.8 Å². The molecule has 3 N–H and O–H groups in total. The maximum Gasteiger partial charge on any atom is 0.258 e. The van der Waals surface area contributed by atoms with E-state index in [1.807, 2.05) is 0 Å². The summed E-state index contributed by atoms with van der Waals surface area (Å²) in [5, 5.41) is 17.2. The van der Waals surface area contributed by atoms with Gasteiger partial charge in [0.25, 0.3) is 5.91 Å². The van der Waals surface area contributed by atoms with Gasteiger partial charge in [0.1, 0.15) is 11.6 Å². The van der Waals surface area contributed by atoms with E-state index in [1.54, 1.807) is 12.1 Å². The third kappa shape index (κ3) is 5.08. The van der Waals surface area contributed by atoms with Gasteiger partial charge in [-0.2, -0.15) is 0 Å². The van der Waals surface area contributed by atoms with Crippen LogP contribution in [-0.2, 0) is 16.1 Å². The Balaban J connectivity index is 1.31. The van der Waals surface area contributed by atoms with Gasteiger partial charge in [0.2, 0.25) is 5.91 Å². The number of amides is 2. The summed E-state index contributed by atoms with van der Waals surface area (Å²) in [6.45, 7) is -0.0480. The number of benzene rings is 1. The number of hydrogen-bond donors (Lipinski definition) is 3. The van der Waals surface area contributed by atoms with Gasteiger partial charge in [-0.15, -0.1) is 0 Å². The van der Waals surface area contributed by atoms with Gasteiger partial charge in [-0.3, -0.25) is 14.6 Å². The lowest BCUT2D eigenvalue weighted by Gasteiger charge is -2.55. The largest absolute Gasteiger partial charge is 0.484 e. The summed E-state index contributed by atoms with van der Waals surface area (Å²) in [6, 6.07) is 7.39. The number of carbonyl (C=O) groups is 2. The average Bonchev–Trinajstić information content (AvgIpc) is 2.80. The van der Waals surface area contributed by atoms with Crippen LogP contribution in [0.2, 0.25) is 10.0 Å². The Kier molecular flexibility index (Phi) is 6.79. The molecule has 10 heteroatoms. The third-order valence-corrected chi connectivity index (χ3v) is 7.19. The summed E-state index contributed by atoms with van der Waals surface area (Å²) in [5.74, 6) is -1.01. The molecular formula is C23H24Cl2FN3O4. The second-order valence-corrected chi connectivity index (χ2v) is 9.56. The number of aliphatic hydroxyl groups is 1. The fraction of sp³-hybridized carbons (Fsp3) is 0.435. The number of aromatic nitrogens is 1. The Bertz CT molecular complexity index is 1040. The monoisotopic (exact) mass is 495 g/mol. The first-order valence-electron chi connectivity index (χ1n) is 10.7. The zero-order valence-corrected chi connectivity index (χ0v) is 19.3. The van der Waals surface area contributed by atoms with E-state index in [1.165, 1.54) is 18.3 Å². The number of pyridine rings is 1. The highest BCUT2D eigenvalue weighted by Crippen LogP contribution is 2.52. The van der Waals surface area contributed by atoms with Gasteiger partial charge in [0.05, 0.1) is 33.8 Å². The van der Waals surface area contributed by atoms with Crippen molar-refractivity contribution in [2.75, 3.05) is 6.61 Å². The summed E-state index contributed by atoms with van der Waals surface area (Å²) in [5.41, 5.74) is -0.798. The third-order valence-electron chi connectivity index (χ3n) is 6.66. The van der Waals surface area contributed by atoms with E-state index < -0.39 is 22.9 Å². The molecule has 3 aliphatic rings. The molecule has 0 aliphatic heterocycles. The molecule has 33 heavy (non-hydrogen) atoms. The molecule has 0 radical (unpaired) electrons. The molecule has 7 nitrogen and oxygen atoms in total. The molecule has 2 aromatic rings. The zero-order valence-electron chi connectivity index (χ0n) is 17.7. The average molecular weight is 496 g/mol. The lowest BCUT2D eigenvalue weighted by Crippen LogP contribution is -2.65. The zero-order chi connectivity index (χ0) is 23.6. The van der Waals surface area contributed by atoms with Crippen LogP contribution in [-0.4, -0.2) is 40.2 Å². The Morgan fingerprint density at radius 1 is 1.18 bits per heavy atom. The minimum absolute atomic E-state index is 0.0268. The quantitative estimate of drug-likeness (QED) is 0.546. The normalized spacial score (nSPS) is 26.0.